The second-order valence-corrected chi connectivity index (χ2v) is 10.5. The maximum Gasteiger partial charge on any atom is 0.407 e. The molecule has 0 unspecified atom stereocenters. The predicted molar refractivity (Wildman–Crippen MR) is 111 cm³/mol. The Labute approximate surface area is 175 Å². The molecule has 0 aromatic heterocycles. The first-order valence-electron chi connectivity index (χ1n) is 9.33. The lowest BCUT2D eigenvalue weighted by Gasteiger charge is -2.29. The molecule has 3 rings (SSSR count). The monoisotopic (exact) mass is 453 g/mol. The molecule has 0 aliphatic carbocycles. The van der Waals surface area contributed by atoms with Crippen LogP contribution in [-0.4, -0.2) is 52.6 Å². The van der Waals surface area contributed by atoms with Crippen LogP contribution in [0.2, 0.25) is 0 Å². The van der Waals surface area contributed by atoms with E-state index in [0.29, 0.717) is 31.6 Å². The number of nitrogens with zero attached hydrogens (tertiary/aromatic N) is 1. The number of hydrogen-bond donors (Lipinski definition) is 3. The lowest BCUT2D eigenvalue weighted by atomic mass is 9.97. The summed E-state index contributed by atoms with van der Waals surface area (Å²) >= 11 is 0. The van der Waals surface area contributed by atoms with Gasteiger partial charge in [0.05, 0.1) is 9.79 Å². The molecule has 30 heavy (non-hydrogen) atoms. The molecule has 2 aromatic carbocycles. The Hall–Kier alpha value is -2.63. The standard InChI is InChI=1S/C19H23N3O6S2/c23-19(24)22-11-9-15(10-12-22)14-20-29(25,26)17-7-4-8-18(13-17)30(27,28)21-16-5-2-1-3-6-16/h1-8,13,15,20-21H,9-12,14H2,(H,23,24). The van der Waals surface area contributed by atoms with Crippen LogP contribution in [-0.2, 0) is 20.0 Å². The molecule has 1 heterocycles. The third kappa shape index (κ3) is 5.49. The van der Waals surface area contributed by atoms with Gasteiger partial charge in [0.1, 0.15) is 0 Å². The van der Waals surface area contributed by atoms with Crippen molar-refractivity contribution in [2.24, 2.45) is 5.92 Å². The van der Waals surface area contributed by atoms with E-state index in [9.17, 15) is 21.6 Å². The zero-order valence-corrected chi connectivity index (χ0v) is 17.7. The van der Waals surface area contributed by atoms with Crippen LogP contribution < -0.4 is 9.44 Å². The lowest BCUT2D eigenvalue weighted by Crippen LogP contribution is -2.40. The molecule has 162 valence electrons. The van der Waals surface area contributed by atoms with Gasteiger partial charge in [0, 0.05) is 25.3 Å². The van der Waals surface area contributed by atoms with E-state index in [1.807, 2.05) is 0 Å². The van der Waals surface area contributed by atoms with E-state index in [1.165, 1.54) is 23.1 Å². The fourth-order valence-electron chi connectivity index (χ4n) is 3.17. The van der Waals surface area contributed by atoms with Crippen molar-refractivity contribution < 1.29 is 26.7 Å². The van der Waals surface area contributed by atoms with Gasteiger partial charge in [-0.25, -0.2) is 26.4 Å². The minimum absolute atomic E-state index is 0.0158. The summed E-state index contributed by atoms with van der Waals surface area (Å²) in [6, 6.07) is 13.4. The number of carbonyl (C=O) groups is 1. The highest BCUT2D eigenvalue weighted by Crippen LogP contribution is 2.21. The average molecular weight is 454 g/mol. The Morgan fingerprint density at radius 1 is 0.933 bits per heavy atom. The van der Waals surface area contributed by atoms with Gasteiger partial charge >= 0.3 is 6.09 Å². The maximum absolute atomic E-state index is 12.7. The molecule has 0 saturated carbocycles. The van der Waals surface area contributed by atoms with Crippen molar-refractivity contribution in [3.63, 3.8) is 0 Å². The van der Waals surface area contributed by atoms with Crippen LogP contribution in [0.4, 0.5) is 10.5 Å². The summed E-state index contributed by atoms with van der Waals surface area (Å²) < 4.78 is 55.4. The normalized spacial score (nSPS) is 15.7. The summed E-state index contributed by atoms with van der Waals surface area (Å²) in [5.41, 5.74) is 0.372. The molecular weight excluding hydrogens is 430 g/mol. The van der Waals surface area contributed by atoms with Crippen LogP contribution in [0.25, 0.3) is 0 Å². The predicted octanol–water partition coefficient (Wildman–Crippen LogP) is 2.16. The van der Waals surface area contributed by atoms with Crippen molar-refractivity contribution in [3.05, 3.63) is 54.6 Å². The van der Waals surface area contributed by atoms with Crippen molar-refractivity contribution in [2.45, 2.75) is 22.6 Å². The summed E-state index contributed by atoms with van der Waals surface area (Å²) in [6.07, 6.45) is 0.144. The van der Waals surface area contributed by atoms with Crippen LogP contribution in [0.5, 0.6) is 0 Å². The van der Waals surface area contributed by atoms with Gasteiger partial charge < -0.3 is 10.0 Å². The van der Waals surface area contributed by atoms with Gasteiger partial charge in [-0.05, 0) is 49.1 Å². The van der Waals surface area contributed by atoms with E-state index in [4.69, 9.17) is 5.11 Å². The number of nitrogens with one attached hydrogen (secondary N) is 2. The summed E-state index contributed by atoms with van der Waals surface area (Å²) in [4.78, 5) is 11.9. The largest absolute Gasteiger partial charge is 0.465 e. The first-order chi connectivity index (χ1) is 14.2. The highest BCUT2D eigenvalue weighted by Gasteiger charge is 2.25. The number of piperidine rings is 1. The minimum Gasteiger partial charge on any atom is -0.465 e. The van der Waals surface area contributed by atoms with Gasteiger partial charge in [-0.1, -0.05) is 24.3 Å². The molecule has 1 aliphatic heterocycles. The van der Waals surface area contributed by atoms with Gasteiger partial charge in [-0.3, -0.25) is 4.72 Å². The Morgan fingerprint density at radius 2 is 1.53 bits per heavy atom. The fraction of sp³-hybridized carbons (Fsp3) is 0.316. The number of anilines is 1. The molecule has 3 N–H and O–H groups in total. The van der Waals surface area contributed by atoms with Crippen LogP contribution in [0.3, 0.4) is 0 Å². The molecule has 1 fully saturated rings. The first kappa shape index (κ1) is 22.1. The van der Waals surface area contributed by atoms with Crippen LogP contribution in [0, 0.1) is 5.92 Å². The zero-order valence-electron chi connectivity index (χ0n) is 16.1. The van der Waals surface area contributed by atoms with E-state index >= 15 is 0 Å². The van der Waals surface area contributed by atoms with Crippen molar-refractivity contribution in [1.29, 1.82) is 0 Å². The zero-order chi connectivity index (χ0) is 21.8. The van der Waals surface area contributed by atoms with Gasteiger partial charge in [0.2, 0.25) is 10.0 Å². The second-order valence-electron chi connectivity index (χ2n) is 7.01. The van der Waals surface area contributed by atoms with Crippen molar-refractivity contribution in [1.82, 2.24) is 9.62 Å². The molecule has 0 radical (unpaired) electrons. The molecule has 0 atom stereocenters. The van der Waals surface area contributed by atoms with Crippen molar-refractivity contribution in [2.75, 3.05) is 24.4 Å². The number of sulfonamides is 2. The number of carboxylic acid groups (broad SMARTS) is 1. The Kier molecular flexibility index (Phi) is 6.64. The van der Waals surface area contributed by atoms with E-state index in [1.54, 1.807) is 30.3 Å². The molecule has 1 aliphatic rings. The van der Waals surface area contributed by atoms with E-state index in [-0.39, 0.29) is 22.3 Å². The quantitative estimate of drug-likeness (QED) is 0.588. The minimum atomic E-state index is -3.95. The molecule has 0 bridgehead atoms. The van der Waals surface area contributed by atoms with Gasteiger partial charge in [0.15, 0.2) is 0 Å². The van der Waals surface area contributed by atoms with Gasteiger partial charge in [0.25, 0.3) is 10.0 Å². The lowest BCUT2D eigenvalue weighted by molar-refractivity contribution is 0.125. The Morgan fingerprint density at radius 3 is 2.13 bits per heavy atom. The second kappa shape index (κ2) is 9.02. The molecule has 1 saturated heterocycles. The van der Waals surface area contributed by atoms with Crippen molar-refractivity contribution in [3.8, 4) is 0 Å². The maximum atomic E-state index is 12.7. The van der Waals surface area contributed by atoms with Crippen molar-refractivity contribution >= 4 is 31.8 Å². The van der Waals surface area contributed by atoms with Crippen LogP contribution in [0.1, 0.15) is 12.8 Å². The van der Waals surface area contributed by atoms with E-state index in [2.05, 4.69) is 9.44 Å². The summed E-state index contributed by atoms with van der Waals surface area (Å²) in [7, 11) is -7.87. The smallest absolute Gasteiger partial charge is 0.407 e. The molecule has 9 nitrogen and oxygen atoms in total. The molecule has 1 amide bonds. The SMILES string of the molecule is O=C(O)N1CCC(CNS(=O)(=O)c2cccc(S(=O)(=O)Nc3ccccc3)c2)CC1. The molecule has 2 aromatic rings. The number of hydrogen-bond acceptors (Lipinski definition) is 5. The number of benzene rings is 2. The van der Waals surface area contributed by atoms with E-state index in [0.717, 1.165) is 6.07 Å². The molecular formula is C19H23N3O6S2. The third-order valence-corrected chi connectivity index (χ3v) is 7.70. The van der Waals surface area contributed by atoms with E-state index < -0.39 is 26.1 Å². The first-order valence-corrected chi connectivity index (χ1v) is 12.3. The fourth-order valence-corrected chi connectivity index (χ4v) is 5.51. The van der Waals surface area contributed by atoms with Gasteiger partial charge in [-0.2, -0.15) is 0 Å². The molecule has 11 heteroatoms. The Balaban J connectivity index is 1.68. The summed E-state index contributed by atoms with van der Waals surface area (Å²) in [6.45, 7) is 0.885. The Bertz CT molecular complexity index is 1100. The summed E-state index contributed by atoms with van der Waals surface area (Å²) in [5.74, 6) is 0.0158. The topological polar surface area (TPSA) is 133 Å². The summed E-state index contributed by atoms with van der Waals surface area (Å²) in [5, 5.41) is 8.98. The van der Waals surface area contributed by atoms with Crippen LogP contribution in [0.15, 0.2) is 64.4 Å². The number of para-hydroxylation sites is 1. The average Bonchev–Trinajstić information content (AvgIpc) is 2.73. The van der Waals surface area contributed by atoms with Gasteiger partial charge in [-0.15, -0.1) is 0 Å². The number of rotatable bonds is 7. The third-order valence-electron chi connectivity index (χ3n) is 4.90. The van der Waals surface area contributed by atoms with Crippen LogP contribution >= 0.6 is 0 Å². The highest BCUT2D eigenvalue weighted by atomic mass is 32.2. The highest BCUT2D eigenvalue weighted by molar-refractivity contribution is 7.93. The number of amides is 1. The number of likely N-dealkylation sites (tertiary alicyclic amines) is 1. The molecule has 0 spiro atoms.